The molecular weight excluding hydrogens is 545 g/mol. The third-order valence-corrected chi connectivity index (χ3v) is 8.77. The summed E-state index contributed by atoms with van der Waals surface area (Å²) in [5.74, 6) is 1.35. The Balaban J connectivity index is 0.00000253. The SMILES string of the molecule is CCS(=O)(=O)N1c2ccc(OC3CCN(C(C)=N)CC3)cc2CC1/C(C)=C/c1cccc(C(=N)N)c1.Cl.Cl. The van der Waals surface area contributed by atoms with Crippen molar-refractivity contribution in [3.05, 3.63) is 64.7 Å². The standard InChI is InChI=1S/C27H35N5O3S.2ClH/c1-4-36(33,34)32-25-9-8-24(35-23-10-12-31(13-11-23)19(3)28)16-22(25)17-26(32)18(2)14-20-6-5-7-21(15-20)27(29)30;;/h5-9,14-16,23,26,28H,4,10-13,17H2,1-3H3,(H3,29,30);2*1H/b18-14+,28-19?;;. The second kappa shape index (κ2) is 12.9. The zero-order valence-electron chi connectivity index (χ0n) is 21.9. The van der Waals surface area contributed by atoms with E-state index in [1.165, 1.54) is 0 Å². The largest absolute Gasteiger partial charge is 0.490 e. The number of ether oxygens (including phenoxy) is 1. The number of benzene rings is 2. The molecule has 4 N–H and O–H groups in total. The fraction of sp³-hybridized carbons (Fsp3) is 0.407. The summed E-state index contributed by atoms with van der Waals surface area (Å²) >= 11 is 0. The third-order valence-electron chi connectivity index (χ3n) is 6.99. The maximum absolute atomic E-state index is 13.2. The highest BCUT2D eigenvalue weighted by Crippen LogP contribution is 2.40. The lowest BCUT2D eigenvalue weighted by molar-refractivity contribution is 0.130. The van der Waals surface area contributed by atoms with Crippen molar-refractivity contribution in [3.8, 4) is 5.75 Å². The number of rotatable bonds is 7. The summed E-state index contributed by atoms with van der Waals surface area (Å²) in [4.78, 5) is 2.06. The number of halogens is 2. The average Bonchev–Trinajstić information content (AvgIpc) is 3.24. The number of fused-ring (bicyclic) bond motifs is 1. The molecule has 1 unspecified atom stereocenters. The number of nitrogens with two attached hydrogens (primary N) is 1. The van der Waals surface area contributed by atoms with Crippen LogP contribution in [0.5, 0.6) is 5.75 Å². The lowest BCUT2D eigenvalue weighted by Crippen LogP contribution is -2.40. The van der Waals surface area contributed by atoms with E-state index < -0.39 is 10.0 Å². The molecule has 1 fully saturated rings. The van der Waals surface area contributed by atoms with Crippen LogP contribution in [0.2, 0.25) is 0 Å². The Morgan fingerprint density at radius 2 is 1.79 bits per heavy atom. The van der Waals surface area contributed by atoms with Crippen LogP contribution < -0.4 is 14.8 Å². The van der Waals surface area contributed by atoms with Crippen molar-refractivity contribution in [2.24, 2.45) is 5.73 Å². The first-order valence-corrected chi connectivity index (χ1v) is 13.9. The molecule has 208 valence electrons. The molecule has 8 nitrogen and oxygen atoms in total. The van der Waals surface area contributed by atoms with Crippen molar-refractivity contribution in [2.45, 2.75) is 52.2 Å². The summed E-state index contributed by atoms with van der Waals surface area (Å²) < 4.78 is 34.2. The summed E-state index contributed by atoms with van der Waals surface area (Å²) in [6.07, 6.45) is 4.33. The number of nitrogens with one attached hydrogen (secondary N) is 2. The number of hydrogen-bond donors (Lipinski definition) is 3. The predicted octanol–water partition coefficient (Wildman–Crippen LogP) is 4.84. The van der Waals surface area contributed by atoms with Crippen LogP contribution in [0.15, 0.2) is 48.0 Å². The minimum absolute atomic E-state index is 0. The van der Waals surface area contributed by atoms with Crippen LogP contribution in [0.4, 0.5) is 5.69 Å². The van der Waals surface area contributed by atoms with Gasteiger partial charge < -0.3 is 15.4 Å². The van der Waals surface area contributed by atoms with Gasteiger partial charge in [0, 0.05) is 31.5 Å². The van der Waals surface area contributed by atoms with Gasteiger partial charge in [-0.3, -0.25) is 15.1 Å². The molecule has 2 aliphatic rings. The maximum atomic E-state index is 13.2. The minimum Gasteiger partial charge on any atom is -0.490 e. The summed E-state index contributed by atoms with van der Waals surface area (Å²) in [7, 11) is -3.50. The number of hydrogen-bond acceptors (Lipinski definition) is 5. The first-order chi connectivity index (χ1) is 17.1. The van der Waals surface area contributed by atoms with Crippen LogP contribution in [-0.2, 0) is 16.4 Å². The van der Waals surface area contributed by atoms with Crippen LogP contribution in [0.25, 0.3) is 6.08 Å². The van der Waals surface area contributed by atoms with E-state index in [-0.39, 0.29) is 48.5 Å². The zero-order valence-corrected chi connectivity index (χ0v) is 24.4. The van der Waals surface area contributed by atoms with Gasteiger partial charge in [-0.15, -0.1) is 24.8 Å². The van der Waals surface area contributed by atoms with E-state index in [4.69, 9.17) is 21.3 Å². The van der Waals surface area contributed by atoms with Gasteiger partial charge in [0.1, 0.15) is 17.7 Å². The first-order valence-electron chi connectivity index (χ1n) is 12.3. The van der Waals surface area contributed by atoms with Crippen LogP contribution in [-0.4, -0.2) is 56.0 Å². The predicted molar refractivity (Wildman–Crippen MR) is 160 cm³/mol. The van der Waals surface area contributed by atoms with Crippen molar-refractivity contribution in [1.29, 1.82) is 10.8 Å². The van der Waals surface area contributed by atoms with Gasteiger partial charge in [-0.1, -0.05) is 24.3 Å². The zero-order chi connectivity index (χ0) is 26.0. The number of piperidine rings is 1. The Labute approximate surface area is 238 Å². The molecule has 0 saturated carbocycles. The molecule has 38 heavy (non-hydrogen) atoms. The van der Waals surface area contributed by atoms with Crippen LogP contribution in [0.3, 0.4) is 0 Å². The molecule has 0 aliphatic carbocycles. The number of amidine groups is 2. The van der Waals surface area contributed by atoms with Gasteiger partial charge in [0.15, 0.2) is 0 Å². The molecule has 4 rings (SSSR count). The second-order valence-electron chi connectivity index (χ2n) is 9.52. The number of anilines is 1. The van der Waals surface area contributed by atoms with E-state index in [0.29, 0.717) is 23.5 Å². The molecule has 1 saturated heterocycles. The Morgan fingerprint density at radius 3 is 2.39 bits per heavy atom. The maximum Gasteiger partial charge on any atom is 0.235 e. The highest BCUT2D eigenvalue weighted by molar-refractivity contribution is 7.92. The normalized spacial score (nSPS) is 17.8. The molecule has 1 atom stereocenters. The van der Waals surface area contributed by atoms with Gasteiger partial charge in [0.05, 0.1) is 23.3 Å². The molecule has 2 aliphatic heterocycles. The Bertz CT molecular complexity index is 1310. The second-order valence-corrected chi connectivity index (χ2v) is 11.7. The monoisotopic (exact) mass is 581 g/mol. The number of nitrogens with zero attached hydrogens (tertiary/aromatic N) is 2. The van der Waals surface area contributed by atoms with E-state index >= 15 is 0 Å². The van der Waals surface area contributed by atoms with Crippen LogP contribution >= 0.6 is 24.8 Å². The Morgan fingerprint density at radius 1 is 1.11 bits per heavy atom. The molecular formula is C27H37Cl2N5O3S. The van der Waals surface area contributed by atoms with Crippen LogP contribution in [0, 0.1) is 10.8 Å². The lowest BCUT2D eigenvalue weighted by atomic mass is 10.0. The summed E-state index contributed by atoms with van der Waals surface area (Å²) in [5.41, 5.74) is 9.72. The van der Waals surface area contributed by atoms with Crippen LogP contribution in [0.1, 0.15) is 50.3 Å². The van der Waals surface area contributed by atoms with Gasteiger partial charge in [0.25, 0.3) is 0 Å². The van der Waals surface area contributed by atoms with E-state index in [0.717, 1.165) is 48.4 Å². The highest BCUT2D eigenvalue weighted by Gasteiger charge is 2.38. The third kappa shape index (κ3) is 6.81. The number of likely N-dealkylation sites (tertiary alicyclic amines) is 1. The molecule has 2 heterocycles. The summed E-state index contributed by atoms with van der Waals surface area (Å²) in [5, 5.41) is 15.5. The fourth-order valence-corrected chi connectivity index (χ4v) is 6.34. The van der Waals surface area contributed by atoms with Gasteiger partial charge >= 0.3 is 0 Å². The first kappa shape index (κ1) is 31.5. The Hall–Kier alpha value is -2.75. The molecule has 0 spiro atoms. The van der Waals surface area contributed by atoms with Crippen molar-refractivity contribution in [2.75, 3.05) is 23.1 Å². The summed E-state index contributed by atoms with van der Waals surface area (Å²) in [6, 6.07) is 12.8. The van der Waals surface area contributed by atoms with Gasteiger partial charge in [-0.05, 0) is 68.2 Å². The van der Waals surface area contributed by atoms with E-state index in [1.54, 1.807) is 17.3 Å². The molecule has 0 radical (unpaired) electrons. The lowest BCUT2D eigenvalue weighted by Gasteiger charge is -2.33. The van der Waals surface area contributed by atoms with E-state index in [1.807, 2.05) is 56.3 Å². The topological polar surface area (TPSA) is 124 Å². The van der Waals surface area contributed by atoms with E-state index in [9.17, 15) is 8.42 Å². The minimum atomic E-state index is -3.50. The van der Waals surface area contributed by atoms with Gasteiger partial charge in [-0.25, -0.2) is 8.42 Å². The van der Waals surface area contributed by atoms with Crippen molar-refractivity contribution in [3.63, 3.8) is 0 Å². The molecule has 2 aromatic carbocycles. The average molecular weight is 583 g/mol. The molecule has 0 amide bonds. The van der Waals surface area contributed by atoms with E-state index in [2.05, 4.69) is 4.90 Å². The smallest absolute Gasteiger partial charge is 0.235 e. The molecule has 2 aromatic rings. The van der Waals surface area contributed by atoms with Crippen molar-refractivity contribution < 1.29 is 13.2 Å². The number of nitrogen functional groups attached to an aromatic ring is 1. The highest BCUT2D eigenvalue weighted by atomic mass is 35.5. The Kier molecular flexibility index (Phi) is 10.7. The number of sulfonamides is 1. The fourth-order valence-electron chi connectivity index (χ4n) is 4.96. The molecule has 11 heteroatoms. The molecule has 0 aromatic heterocycles. The quantitative estimate of drug-likeness (QED) is 0.319. The van der Waals surface area contributed by atoms with Gasteiger partial charge in [-0.2, -0.15) is 0 Å². The van der Waals surface area contributed by atoms with Crippen molar-refractivity contribution in [1.82, 2.24) is 4.90 Å². The van der Waals surface area contributed by atoms with Gasteiger partial charge in [0.2, 0.25) is 10.0 Å². The van der Waals surface area contributed by atoms with Crippen molar-refractivity contribution >= 4 is 58.3 Å². The summed E-state index contributed by atoms with van der Waals surface area (Å²) in [6.45, 7) is 7.05. The molecule has 0 bridgehead atoms.